The molecule has 0 saturated heterocycles. The summed E-state index contributed by atoms with van der Waals surface area (Å²) in [6.07, 6.45) is -3.14. The summed E-state index contributed by atoms with van der Waals surface area (Å²) >= 11 is 0. The van der Waals surface area contributed by atoms with E-state index in [1.807, 2.05) is 6.92 Å². The Balaban J connectivity index is 4.96. The van der Waals surface area contributed by atoms with Crippen LogP contribution in [0.1, 0.15) is 46.5 Å². The Morgan fingerprint density at radius 3 is 2.06 bits per heavy atom. The highest BCUT2D eigenvalue weighted by atomic mass is 19.4. The molecule has 0 aliphatic rings. The highest BCUT2D eigenvalue weighted by Crippen LogP contribution is 2.39. The molecule has 0 aromatic heterocycles. The molecule has 0 aliphatic carbocycles. The summed E-state index contributed by atoms with van der Waals surface area (Å²) in [6, 6.07) is -2.19. The van der Waals surface area contributed by atoms with Crippen molar-refractivity contribution < 1.29 is 22.7 Å². The molecule has 6 heteroatoms. The molecule has 0 rings (SSSR count). The van der Waals surface area contributed by atoms with Crippen molar-refractivity contribution in [2.24, 2.45) is 11.1 Å². The SMILES string of the molecule is CCCCOC(=O)C(CC)(CC)[C@@H](N)C(F)(F)F. The van der Waals surface area contributed by atoms with E-state index in [4.69, 9.17) is 10.5 Å². The van der Waals surface area contributed by atoms with E-state index in [2.05, 4.69) is 0 Å². The first-order valence-electron chi connectivity index (χ1n) is 6.25. The number of esters is 1. The van der Waals surface area contributed by atoms with E-state index in [0.717, 1.165) is 6.42 Å². The number of hydrogen-bond acceptors (Lipinski definition) is 3. The molecule has 108 valence electrons. The standard InChI is InChI=1S/C12H22F3NO2/c1-4-7-8-18-10(17)11(5-2,6-3)9(16)12(13,14)15/h9H,4-8,16H2,1-3H3/t9-/m1/s1. The summed E-state index contributed by atoms with van der Waals surface area (Å²) in [6.45, 7) is 5.09. The zero-order chi connectivity index (χ0) is 14.4. The molecule has 0 fully saturated rings. The minimum atomic E-state index is -4.60. The molecule has 3 nitrogen and oxygen atoms in total. The van der Waals surface area contributed by atoms with Gasteiger partial charge in [-0.25, -0.2) is 0 Å². The maximum atomic E-state index is 12.7. The molecular formula is C12H22F3NO2. The predicted molar refractivity (Wildman–Crippen MR) is 62.9 cm³/mol. The van der Waals surface area contributed by atoms with Crippen LogP contribution in [0.25, 0.3) is 0 Å². The number of nitrogens with two attached hydrogens (primary N) is 1. The van der Waals surface area contributed by atoms with E-state index >= 15 is 0 Å². The van der Waals surface area contributed by atoms with Gasteiger partial charge in [-0.15, -0.1) is 0 Å². The molecule has 0 radical (unpaired) electrons. The average Bonchev–Trinajstić information content (AvgIpc) is 2.30. The zero-order valence-electron chi connectivity index (χ0n) is 11.1. The van der Waals surface area contributed by atoms with Gasteiger partial charge in [0, 0.05) is 0 Å². The lowest BCUT2D eigenvalue weighted by atomic mass is 9.75. The Bertz CT molecular complexity index is 263. The lowest BCUT2D eigenvalue weighted by Crippen LogP contribution is -2.55. The van der Waals surface area contributed by atoms with Crippen LogP contribution < -0.4 is 5.73 Å². The van der Waals surface area contributed by atoms with E-state index in [0.29, 0.717) is 6.42 Å². The first-order valence-corrected chi connectivity index (χ1v) is 6.25. The van der Waals surface area contributed by atoms with Crippen molar-refractivity contribution in [1.29, 1.82) is 0 Å². The Kier molecular flexibility index (Phi) is 6.67. The molecule has 0 bridgehead atoms. The number of rotatable bonds is 7. The first kappa shape index (κ1) is 17.2. The Morgan fingerprint density at radius 1 is 1.22 bits per heavy atom. The molecular weight excluding hydrogens is 247 g/mol. The van der Waals surface area contributed by atoms with Crippen LogP contribution in [0.4, 0.5) is 13.2 Å². The van der Waals surface area contributed by atoms with Gasteiger partial charge in [-0.3, -0.25) is 4.79 Å². The third-order valence-corrected chi connectivity index (χ3v) is 3.35. The van der Waals surface area contributed by atoms with Gasteiger partial charge in [0.25, 0.3) is 0 Å². The monoisotopic (exact) mass is 269 g/mol. The summed E-state index contributed by atoms with van der Waals surface area (Å²) in [4.78, 5) is 11.9. The molecule has 18 heavy (non-hydrogen) atoms. The van der Waals surface area contributed by atoms with Crippen molar-refractivity contribution in [3.63, 3.8) is 0 Å². The maximum absolute atomic E-state index is 12.7. The summed E-state index contributed by atoms with van der Waals surface area (Å²) in [5.74, 6) is -0.842. The third kappa shape index (κ3) is 3.86. The summed E-state index contributed by atoms with van der Waals surface area (Å²) in [5.41, 5.74) is 3.56. The van der Waals surface area contributed by atoms with Gasteiger partial charge in [-0.05, 0) is 19.3 Å². The second-order valence-corrected chi connectivity index (χ2v) is 4.37. The smallest absolute Gasteiger partial charge is 0.404 e. The quantitative estimate of drug-likeness (QED) is 0.571. The van der Waals surface area contributed by atoms with Crippen molar-refractivity contribution in [3.05, 3.63) is 0 Å². The van der Waals surface area contributed by atoms with Gasteiger partial charge >= 0.3 is 12.1 Å². The maximum Gasteiger partial charge on any atom is 0.404 e. The van der Waals surface area contributed by atoms with Crippen LogP contribution in [0, 0.1) is 5.41 Å². The fraction of sp³-hybridized carbons (Fsp3) is 0.917. The van der Waals surface area contributed by atoms with Crippen LogP contribution in [0.15, 0.2) is 0 Å². The number of carbonyl (C=O) groups is 1. The first-order chi connectivity index (χ1) is 8.26. The lowest BCUT2D eigenvalue weighted by Gasteiger charge is -2.35. The van der Waals surface area contributed by atoms with E-state index in [1.54, 1.807) is 0 Å². The zero-order valence-corrected chi connectivity index (χ0v) is 11.1. The molecule has 0 amide bonds. The number of halogens is 3. The van der Waals surface area contributed by atoms with E-state index in [9.17, 15) is 18.0 Å². The minimum absolute atomic E-state index is 0.00906. The number of unbranched alkanes of at least 4 members (excludes halogenated alkanes) is 1. The van der Waals surface area contributed by atoms with Crippen LogP contribution in [-0.2, 0) is 9.53 Å². The van der Waals surface area contributed by atoms with Crippen LogP contribution in [0.3, 0.4) is 0 Å². The summed E-state index contributed by atoms with van der Waals surface area (Å²) < 4.78 is 43.1. The van der Waals surface area contributed by atoms with Crippen molar-refractivity contribution in [1.82, 2.24) is 0 Å². The fourth-order valence-electron chi connectivity index (χ4n) is 1.87. The van der Waals surface area contributed by atoms with Crippen LogP contribution in [0.5, 0.6) is 0 Å². The van der Waals surface area contributed by atoms with E-state index in [-0.39, 0.29) is 19.4 Å². The van der Waals surface area contributed by atoms with Crippen LogP contribution in [0.2, 0.25) is 0 Å². The second-order valence-electron chi connectivity index (χ2n) is 4.37. The number of alkyl halides is 3. The number of hydrogen-bond donors (Lipinski definition) is 1. The minimum Gasteiger partial charge on any atom is -0.465 e. The molecule has 0 unspecified atom stereocenters. The highest BCUT2D eigenvalue weighted by Gasteiger charge is 2.54. The normalized spacial score (nSPS) is 14.4. The summed E-state index contributed by atoms with van der Waals surface area (Å²) in [5, 5.41) is 0. The largest absolute Gasteiger partial charge is 0.465 e. The molecule has 0 aromatic rings. The van der Waals surface area contributed by atoms with Crippen LogP contribution in [-0.4, -0.2) is 24.8 Å². The van der Waals surface area contributed by atoms with Crippen molar-refractivity contribution in [3.8, 4) is 0 Å². The molecule has 0 aliphatic heterocycles. The Morgan fingerprint density at radius 2 is 1.72 bits per heavy atom. The third-order valence-electron chi connectivity index (χ3n) is 3.35. The molecule has 0 heterocycles. The average molecular weight is 269 g/mol. The lowest BCUT2D eigenvalue weighted by molar-refractivity contribution is -0.194. The van der Waals surface area contributed by atoms with Crippen molar-refractivity contribution >= 4 is 5.97 Å². The highest BCUT2D eigenvalue weighted by molar-refractivity contribution is 5.78. The Hall–Kier alpha value is -0.780. The summed E-state index contributed by atoms with van der Waals surface area (Å²) in [7, 11) is 0. The van der Waals surface area contributed by atoms with Gasteiger partial charge < -0.3 is 10.5 Å². The topological polar surface area (TPSA) is 52.3 Å². The van der Waals surface area contributed by atoms with Gasteiger partial charge in [0.1, 0.15) is 6.04 Å². The molecule has 0 spiro atoms. The van der Waals surface area contributed by atoms with Gasteiger partial charge in [0.05, 0.1) is 12.0 Å². The Labute approximate surface area is 106 Å². The predicted octanol–water partition coefficient (Wildman–Crippen LogP) is 3.03. The van der Waals surface area contributed by atoms with Gasteiger partial charge in [0.2, 0.25) is 0 Å². The van der Waals surface area contributed by atoms with E-state index in [1.165, 1.54) is 13.8 Å². The molecule has 0 aromatic carbocycles. The van der Waals surface area contributed by atoms with E-state index < -0.39 is 23.6 Å². The van der Waals surface area contributed by atoms with Crippen LogP contribution >= 0.6 is 0 Å². The number of ether oxygens (including phenoxy) is 1. The second kappa shape index (κ2) is 6.97. The molecule has 2 N–H and O–H groups in total. The number of carbonyl (C=O) groups excluding carboxylic acids is 1. The van der Waals surface area contributed by atoms with Crippen molar-refractivity contribution in [2.75, 3.05) is 6.61 Å². The van der Waals surface area contributed by atoms with Gasteiger partial charge in [0.15, 0.2) is 0 Å². The van der Waals surface area contributed by atoms with Crippen molar-refractivity contribution in [2.45, 2.75) is 58.7 Å². The molecule has 0 saturated carbocycles. The van der Waals surface area contributed by atoms with Gasteiger partial charge in [-0.1, -0.05) is 27.2 Å². The van der Waals surface area contributed by atoms with Gasteiger partial charge in [-0.2, -0.15) is 13.2 Å². The molecule has 1 atom stereocenters. The fourth-order valence-corrected chi connectivity index (χ4v) is 1.87.